The number of fused-ring (bicyclic) bond motifs is 1. The molecule has 0 aromatic heterocycles. The van der Waals surface area contributed by atoms with E-state index in [0.29, 0.717) is 24.2 Å². The van der Waals surface area contributed by atoms with Gasteiger partial charge in [-0.3, -0.25) is 19.3 Å². The molecule has 7 nitrogen and oxygen atoms in total. The molecule has 4 rings (SSSR count). The smallest absolute Gasteiger partial charge is 0.335 e. The van der Waals surface area contributed by atoms with E-state index >= 15 is 0 Å². The van der Waals surface area contributed by atoms with Crippen LogP contribution in [0.1, 0.15) is 33.6 Å². The number of halogens is 2. The Morgan fingerprint density at radius 2 is 1.48 bits per heavy atom. The second-order valence-corrected chi connectivity index (χ2v) is 9.97. The minimum atomic E-state index is -1.05. The van der Waals surface area contributed by atoms with Crippen LogP contribution in [0.4, 0.5) is 11.4 Å². The van der Waals surface area contributed by atoms with Gasteiger partial charge < -0.3 is 10.4 Å². The molecule has 3 amide bonds. The maximum atomic E-state index is 13.0. The molecule has 2 aliphatic rings. The van der Waals surface area contributed by atoms with Gasteiger partial charge in [-0.15, -0.1) is 0 Å². The number of hydrogen-bond acceptors (Lipinski definition) is 4. The minimum Gasteiger partial charge on any atom is -0.478 e. The number of rotatable bonds is 4. The van der Waals surface area contributed by atoms with E-state index in [2.05, 4.69) is 37.2 Å². The molecule has 0 radical (unpaired) electrons. The number of anilines is 2. The van der Waals surface area contributed by atoms with Crippen molar-refractivity contribution in [3.8, 4) is 0 Å². The quantitative estimate of drug-likeness (QED) is 0.442. The van der Waals surface area contributed by atoms with E-state index in [1.807, 2.05) is 0 Å². The number of aromatic carboxylic acids is 1. The molecule has 0 spiro atoms. The number of alkyl halides is 2. The minimum absolute atomic E-state index is 0.115. The van der Waals surface area contributed by atoms with E-state index in [1.165, 1.54) is 35.2 Å². The van der Waals surface area contributed by atoms with Gasteiger partial charge in [-0.2, -0.15) is 0 Å². The number of nitrogens with zero attached hydrogens (tertiary/aromatic N) is 1. The highest BCUT2D eigenvalue weighted by atomic mass is 79.9. The molecule has 0 bridgehead atoms. The van der Waals surface area contributed by atoms with Gasteiger partial charge in [0.15, 0.2) is 0 Å². The molecule has 31 heavy (non-hydrogen) atoms. The van der Waals surface area contributed by atoms with E-state index in [4.69, 9.17) is 5.11 Å². The summed E-state index contributed by atoms with van der Waals surface area (Å²) in [6, 6.07) is 12.2. The fourth-order valence-corrected chi connectivity index (χ4v) is 5.27. The first-order valence-electron chi connectivity index (χ1n) is 9.67. The van der Waals surface area contributed by atoms with Crippen LogP contribution in [0.2, 0.25) is 0 Å². The summed E-state index contributed by atoms with van der Waals surface area (Å²) in [6.07, 6.45) is 1.16. The molecule has 160 valence electrons. The number of imide groups is 1. The Morgan fingerprint density at radius 3 is 2.03 bits per heavy atom. The van der Waals surface area contributed by atoms with Crippen molar-refractivity contribution in [3.05, 3.63) is 59.7 Å². The summed E-state index contributed by atoms with van der Waals surface area (Å²) < 4.78 is 0. The Kier molecular flexibility index (Phi) is 5.98. The van der Waals surface area contributed by atoms with Crippen molar-refractivity contribution < 1.29 is 24.3 Å². The average molecular weight is 550 g/mol. The predicted molar refractivity (Wildman–Crippen MR) is 122 cm³/mol. The van der Waals surface area contributed by atoms with Crippen LogP contribution in [0.25, 0.3) is 0 Å². The van der Waals surface area contributed by atoms with Gasteiger partial charge in [0.2, 0.25) is 11.8 Å². The van der Waals surface area contributed by atoms with Gasteiger partial charge in [0.25, 0.3) is 5.91 Å². The summed E-state index contributed by atoms with van der Waals surface area (Å²) in [4.78, 5) is 51.0. The van der Waals surface area contributed by atoms with Crippen molar-refractivity contribution in [2.45, 2.75) is 22.5 Å². The molecule has 2 aromatic rings. The summed E-state index contributed by atoms with van der Waals surface area (Å²) in [6.45, 7) is 0. The molecule has 2 fully saturated rings. The molecule has 1 heterocycles. The van der Waals surface area contributed by atoms with Gasteiger partial charge in [0.05, 0.1) is 23.1 Å². The number of amides is 3. The van der Waals surface area contributed by atoms with Crippen LogP contribution in [-0.2, 0) is 9.59 Å². The van der Waals surface area contributed by atoms with E-state index in [-0.39, 0.29) is 44.4 Å². The number of carbonyl (C=O) groups excluding carboxylic acids is 3. The normalized spacial score (nSPS) is 25.3. The number of hydrogen-bond donors (Lipinski definition) is 2. The van der Waals surface area contributed by atoms with Crippen molar-refractivity contribution in [2.24, 2.45) is 11.8 Å². The van der Waals surface area contributed by atoms with Crippen LogP contribution in [0.5, 0.6) is 0 Å². The first-order chi connectivity index (χ1) is 14.8. The average Bonchev–Trinajstić information content (AvgIpc) is 2.98. The number of benzene rings is 2. The monoisotopic (exact) mass is 548 g/mol. The van der Waals surface area contributed by atoms with Crippen LogP contribution in [-0.4, -0.2) is 38.5 Å². The zero-order chi connectivity index (χ0) is 22.3. The second kappa shape index (κ2) is 8.55. The summed E-state index contributed by atoms with van der Waals surface area (Å²) in [5.74, 6) is -2.68. The first kappa shape index (κ1) is 21.7. The zero-order valence-corrected chi connectivity index (χ0v) is 19.3. The number of carbonyl (C=O) groups is 4. The molecule has 1 saturated heterocycles. The van der Waals surface area contributed by atoms with Crippen molar-refractivity contribution >= 4 is 66.9 Å². The molecule has 1 aliphatic heterocycles. The van der Waals surface area contributed by atoms with Gasteiger partial charge in [0.1, 0.15) is 0 Å². The van der Waals surface area contributed by atoms with Gasteiger partial charge in [-0.05, 0) is 55.3 Å². The van der Waals surface area contributed by atoms with E-state index in [1.54, 1.807) is 18.2 Å². The van der Waals surface area contributed by atoms with Crippen LogP contribution in [0.15, 0.2) is 48.5 Å². The summed E-state index contributed by atoms with van der Waals surface area (Å²) in [5.41, 5.74) is 1.21. The third-order valence-corrected chi connectivity index (χ3v) is 8.40. The van der Waals surface area contributed by atoms with E-state index < -0.39 is 11.9 Å². The maximum Gasteiger partial charge on any atom is 0.335 e. The van der Waals surface area contributed by atoms with E-state index in [9.17, 15) is 19.2 Å². The molecule has 1 aliphatic carbocycles. The number of nitrogens with one attached hydrogen (secondary N) is 1. The first-order valence-corrected chi connectivity index (χ1v) is 11.5. The van der Waals surface area contributed by atoms with Crippen LogP contribution in [0.3, 0.4) is 0 Å². The largest absolute Gasteiger partial charge is 0.478 e. The molecule has 4 atom stereocenters. The lowest BCUT2D eigenvalue weighted by Crippen LogP contribution is -2.34. The predicted octanol–water partition coefficient (Wildman–Crippen LogP) is 4.06. The van der Waals surface area contributed by atoms with Crippen molar-refractivity contribution in [1.82, 2.24) is 0 Å². The van der Waals surface area contributed by atoms with Crippen molar-refractivity contribution in [1.29, 1.82) is 0 Å². The molecule has 9 heteroatoms. The SMILES string of the molecule is O=C(O)c1ccc(NC(=O)c2cccc(N3C(=O)[C@H]4C[C@H](Br)[C@@H](Br)C[C@H]4C3=O)c2)cc1. The van der Waals surface area contributed by atoms with Crippen LogP contribution < -0.4 is 10.2 Å². The second-order valence-electron chi connectivity index (χ2n) is 7.62. The Bertz CT molecular complexity index is 1040. The Balaban J connectivity index is 1.54. The summed E-state index contributed by atoms with van der Waals surface area (Å²) in [7, 11) is 0. The zero-order valence-electron chi connectivity index (χ0n) is 16.1. The highest BCUT2D eigenvalue weighted by molar-refractivity contribution is 9.12. The molecule has 0 unspecified atom stereocenters. The number of carboxylic acid groups (broad SMARTS) is 1. The van der Waals surface area contributed by atoms with Crippen LogP contribution in [0, 0.1) is 11.8 Å². The summed E-state index contributed by atoms with van der Waals surface area (Å²) >= 11 is 7.15. The lowest BCUT2D eigenvalue weighted by molar-refractivity contribution is -0.122. The Hall–Kier alpha value is -2.52. The molecular weight excluding hydrogens is 532 g/mol. The fourth-order valence-electron chi connectivity index (χ4n) is 4.04. The lowest BCUT2D eigenvalue weighted by Gasteiger charge is -2.29. The lowest BCUT2D eigenvalue weighted by atomic mass is 9.81. The van der Waals surface area contributed by atoms with Gasteiger partial charge >= 0.3 is 5.97 Å². The fraction of sp³-hybridized carbons (Fsp3) is 0.273. The highest BCUT2D eigenvalue weighted by Crippen LogP contribution is 2.44. The maximum absolute atomic E-state index is 13.0. The highest BCUT2D eigenvalue weighted by Gasteiger charge is 2.52. The summed E-state index contributed by atoms with van der Waals surface area (Å²) in [5, 5.41) is 11.7. The standard InChI is InChI=1S/C22H18Br2N2O5/c23-17-9-15-16(10-18(17)24)21(29)26(20(15)28)14-3-1-2-12(8-14)19(27)25-13-6-4-11(5-7-13)22(30)31/h1-8,15-18H,9-10H2,(H,25,27)(H,30,31)/t15-,16+,17-,18-/m0/s1. The van der Waals surface area contributed by atoms with Crippen LogP contribution >= 0.6 is 31.9 Å². The third-order valence-electron chi connectivity index (χ3n) is 5.67. The molecular formula is C22H18Br2N2O5. The van der Waals surface area contributed by atoms with Crippen molar-refractivity contribution in [3.63, 3.8) is 0 Å². The van der Waals surface area contributed by atoms with Crippen molar-refractivity contribution in [2.75, 3.05) is 10.2 Å². The molecule has 2 aromatic carbocycles. The topological polar surface area (TPSA) is 104 Å². The van der Waals surface area contributed by atoms with Gasteiger partial charge in [-0.1, -0.05) is 37.9 Å². The molecule has 1 saturated carbocycles. The molecule has 2 N–H and O–H groups in total. The van der Waals surface area contributed by atoms with E-state index in [0.717, 1.165) is 0 Å². The number of carboxylic acids is 1. The van der Waals surface area contributed by atoms with Gasteiger partial charge in [-0.25, -0.2) is 4.79 Å². The third kappa shape index (κ3) is 4.16. The Labute approximate surface area is 195 Å². The van der Waals surface area contributed by atoms with Gasteiger partial charge in [0, 0.05) is 20.9 Å². The Morgan fingerprint density at radius 1 is 0.903 bits per heavy atom.